The van der Waals surface area contributed by atoms with Gasteiger partial charge >= 0.3 is 12.1 Å². The second kappa shape index (κ2) is 6.21. The van der Waals surface area contributed by atoms with E-state index in [2.05, 4.69) is 0 Å². The summed E-state index contributed by atoms with van der Waals surface area (Å²) in [5, 5.41) is 8.69. The molecule has 0 saturated carbocycles. The highest BCUT2D eigenvalue weighted by Crippen LogP contribution is 2.26. The average Bonchev–Trinajstić information content (AvgIpc) is 2.28. The minimum Gasteiger partial charge on any atom is -0.480 e. The quantitative estimate of drug-likeness (QED) is 0.848. The monoisotopic (exact) mass is 293 g/mol. The van der Waals surface area contributed by atoms with E-state index in [0.717, 1.165) is 11.0 Å². The third-order valence-corrected chi connectivity index (χ3v) is 2.95. The van der Waals surface area contributed by atoms with Crippen LogP contribution in [-0.4, -0.2) is 35.2 Å². The predicted octanol–water partition coefficient (Wildman–Crippen LogP) is 3.14. The third-order valence-electron chi connectivity index (χ3n) is 2.95. The van der Waals surface area contributed by atoms with Crippen LogP contribution in [0.5, 0.6) is 0 Å². The van der Waals surface area contributed by atoms with E-state index in [-0.39, 0.29) is 0 Å². The number of nitrogens with zero attached hydrogens (tertiary/aromatic N) is 1. The molecular weight excluding hydrogens is 278 g/mol. The smallest absolute Gasteiger partial charge is 0.401 e. The van der Waals surface area contributed by atoms with Crippen LogP contribution in [0.1, 0.15) is 24.1 Å². The molecule has 1 atom stereocenters. The van der Waals surface area contributed by atoms with Crippen molar-refractivity contribution < 1.29 is 27.5 Å². The molecule has 1 unspecified atom stereocenters. The molecule has 0 aliphatic carbocycles. The number of carbonyl (C=O) groups is 1. The zero-order chi connectivity index (χ0) is 15.5. The number of aliphatic carboxylic acids is 1. The molecule has 1 N–H and O–H groups in total. The van der Waals surface area contributed by atoms with Crippen molar-refractivity contribution in [2.45, 2.75) is 26.1 Å². The maximum absolute atomic E-state index is 13.4. The van der Waals surface area contributed by atoms with E-state index in [1.807, 2.05) is 0 Å². The molecule has 1 aromatic carbocycles. The zero-order valence-electron chi connectivity index (χ0n) is 11.0. The molecule has 3 nitrogen and oxygen atoms in total. The largest absolute Gasteiger partial charge is 0.480 e. The summed E-state index contributed by atoms with van der Waals surface area (Å²) in [6, 6.07) is 3.22. The molecule has 0 heterocycles. The highest BCUT2D eigenvalue weighted by Gasteiger charge is 2.34. The predicted molar refractivity (Wildman–Crippen MR) is 64.8 cm³/mol. The summed E-state index contributed by atoms with van der Waals surface area (Å²) in [4.78, 5) is 11.4. The summed E-state index contributed by atoms with van der Waals surface area (Å²) in [5.41, 5.74) is 0.681. The number of hydrogen-bond donors (Lipinski definition) is 1. The van der Waals surface area contributed by atoms with Crippen molar-refractivity contribution in [1.82, 2.24) is 4.90 Å². The first kappa shape index (κ1) is 16.4. The van der Waals surface area contributed by atoms with Gasteiger partial charge in [0.25, 0.3) is 0 Å². The molecule has 20 heavy (non-hydrogen) atoms. The number of hydrogen-bond acceptors (Lipinski definition) is 2. The molecule has 0 aromatic heterocycles. The summed E-state index contributed by atoms with van der Waals surface area (Å²) in [7, 11) is 0. The Labute approximate surface area is 113 Å². The van der Waals surface area contributed by atoms with Gasteiger partial charge in [0, 0.05) is 6.04 Å². The molecule has 112 valence electrons. The minimum absolute atomic E-state index is 0.304. The van der Waals surface area contributed by atoms with Crippen LogP contribution in [0.15, 0.2) is 18.2 Å². The molecule has 0 radical (unpaired) electrons. The highest BCUT2D eigenvalue weighted by molar-refractivity contribution is 5.69. The maximum atomic E-state index is 13.4. The van der Waals surface area contributed by atoms with E-state index >= 15 is 0 Å². The highest BCUT2D eigenvalue weighted by atomic mass is 19.4. The van der Waals surface area contributed by atoms with E-state index in [4.69, 9.17) is 5.11 Å². The molecule has 0 saturated heterocycles. The average molecular weight is 293 g/mol. The summed E-state index contributed by atoms with van der Waals surface area (Å²) < 4.78 is 50.8. The molecule has 0 fully saturated rings. The molecule has 0 spiro atoms. The van der Waals surface area contributed by atoms with Gasteiger partial charge < -0.3 is 5.11 Å². The van der Waals surface area contributed by atoms with Crippen molar-refractivity contribution in [3.05, 3.63) is 35.1 Å². The van der Waals surface area contributed by atoms with Crippen molar-refractivity contribution >= 4 is 5.97 Å². The van der Waals surface area contributed by atoms with Gasteiger partial charge in [-0.25, -0.2) is 4.39 Å². The van der Waals surface area contributed by atoms with Crippen LogP contribution in [0.4, 0.5) is 17.6 Å². The van der Waals surface area contributed by atoms with Crippen molar-refractivity contribution in [2.24, 2.45) is 0 Å². The van der Waals surface area contributed by atoms with Crippen molar-refractivity contribution in [2.75, 3.05) is 13.1 Å². The minimum atomic E-state index is -4.52. The molecule has 7 heteroatoms. The van der Waals surface area contributed by atoms with E-state index < -0.39 is 37.1 Å². The Morgan fingerprint density at radius 3 is 2.45 bits per heavy atom. The van der Waals surface area contributed by atoms with E-state index in [1.165, 1.54) is 26.0 Å². The number of halogens is 4. The van der Waals surface area contributed by atoms with Crippen molar-refractivity contribution in [1.29, 1.82) is 0 Å². The van der Waals surface area contributed by atoms with Gasteiger partial charge in [0.2, 0.25) is 0 Å². The molecule has 0 bridgehead atoms. The first-order valence-electron chi connectivity index (χ1n) is 5.89. The van der Waals surface area contributed by atoms with Gasteiger partial charge in [0.05, 0.1) is 13.1 Å². The Kier molecular flexibility index (Phi) is 5.10. The molecule has 0 aliphatic rings. The van der Waals surface area contributed by atoms with Gasteiger partial charge in [-0.1, -0.05) is 12.1 Å². The van der Waals surface area contributed by atoms with Crippen LogP contribution in [0.3, 0.4) is 0 Å². The van der Waals surface area contributed by atoms with Gasteiger partial charge in [-0.3, -0.25) is 9.69 Å². The fourth-order valence-electron chi connectivity index (χ4n) is 1.81. The summed E-state index contributed by atoms with van der Waals surface area (Å²) in [6.45, 7) is 0.819. The number of alkyl halides is 3. The van der Waals surface area contributed by atoms with Gasteiger partial charge in [-0.2, -0.15) is 13.2 Å². The van der Waals surface area contributed by atoms with Crippen LogP contribution >= 0.6 is 0 Å². The van der Waals surface area contributed by atoms with Gasteiger partial charge in [0.1, 0.15) is 5.82 Å². The molecule has 1 aromatic rings. The first-order chi connectivity index (χ1) is 9.10. The van der Waals surface area contributed by atoms with Crippen molar-refractivity contribution in [3.63, 3.8) is 0 Å². The number of rotatable bonds is 5. The SMILES string of the molecule is Cc1ccc(C(C)N(CC(=O)O)CC(F)(F)F)cc1F. The Morgan fingerprint density at radius 1 is 1.40 bits per heavy atom. The summed E-state index contributed by atoms with van der Waals surface area (Å²) >= 11 is 0. The normalized spacial score (nSPS) is 13.6. The second-order valence-corrected chi connectivity index (χ2v) is 4.60. The number of aryl methyl sites for hydroxylation is 1. The molecule has 0 amide bonds. The van der Waals surface area contributed by atoms with Crippen LogP contribution in [-0.2, 0) is 4.79 Å². The Bertz CT molecular complexity index is 488. The van der Waals surface area contributed by atoms with Gasteiger partial charge in [-0.05, 0) is 31.0 Å². The standard InChI is InChI=1S/C13H15F4NO2/c1-8-3-4-10(5-11(8)14)9(2)18(6-12(19)20)7-13(15,16)17/h3-5,9H,6-7H2,1-2H3,(H,19,20). The number of carboxylic acids is 1. The third kappa shape index (κ3) is 4.80. The van der Waals surface area contributed by atoms with E-state index in [9.17, 15) is 22.4 Å². The fraction of sp³-hybridized carbons (Fsp3) is 0.462. The lowest BCUT2D eigenvalue weighted by Gasteiger charge is -2.28. The lowest BCUT2D eigenvalue weighted by molar-refractivity contribution is -0.157. The second-order valence-electron chi connectivity index (χ2n) is 4.60. The topological polar surface area (TPSA) is 40.5 Å². The number of benzene rings is 1. The van der Waals surface area contributed by atoms with Crippen LogP contribution in [0, 0.1) is 12.7 Å². The Hall–Kier alpha value is -1.63. The van der Waals surface area contributed by atoms with Crippen molar-refractivity contribution in [3.8, 4) is 0 Å². The zero-order valence-corrected chi connectivity index (χ0v) is 11.0. The van der Waals surface area contributed by atoms with Gasteiger partial charge in [0.15, 0.2) is 0 Å². The summed E-state index contributed by atoms with van der Waals surface area (Å²) in [6.07, 6.45) is -4.52. The molecule has 0 aliphatic heterocycles. The Balaban J connectivity index is 2.99. The lowest BCUT2D eigenvalue weighted by atomic mass is 10.0. The number of carboxylic acid groups (broad SMARTS) is 1. The first-order valence-corrected chi connectivity index (χ1v) is 5.89. The molecular formula is C13H15F4NO2. The van der Waals surface area contributed by atoms with E-state index in [0.29, 0.717) is 11.1 Å². The lowest BCUT2D eigenvalue weighted by Crippen LogP contribution is -2.39. The fourth-order valence-corrected chi connectivity index (χ4v) is 1.81. The maximum Gasteiger partial charge on any atom is 0.401 e. The van der Waals surface area contributed by atoms with Crippen LogP contribution in [0.2, 0.25) is 0 Å². The van der Waals surface area contributed by atoms with E-state index in [1.54, 1.807) is 0 Å². The summed E-state index contributed by atoms with van der Waals surface area (Å²) in [5.74, 6) is -1.90. The van der Waals surface area contributed by atoms with Crippen LogP contribution < -0.4 is 0 Å². The van der Waals surface area contributed by atoms with Gasteiger partial charge in [-0.15, -0.1) is 0 Å². The Morgan fingerprint density at radius 2 is 2.00 bits per heavy atom. The van der Waals surface area contributed by atoms with Crippen LogP contribution in [0.25, 0.3) is 0 Å². The molecule has 1 rings (SSSR count).